The third kappa shape index (κ3) is 2.17. The van der Waals surface area contributed by atoms with E-state index in [9.17, 15) is 4.79 Å². The van der Waals surface area contributed by atoms with E-state index in [2.05, 4.69) is 6.07 Å². The largest absolute Gasteiger partial charge is 0.496 e. The third-order valence-electron chi connectivity index (χ3n) is 2.58. The van der Waals surface area contributed by atoms with E-state index in [4.69, 9.17) is 22.1 Å². The zero-order valence-electron chi connectivity index (χ0n) is 9.74. The number of carbonyl (C=O) groups excluding carboxylic acids is 1. The van der Waals surface area contributed by atoms with Gasteiger partial charge in [-0.05, 0) is 12.1 Å². The molecule has 0 atom stereocenters. The highest BCUT2D eigenvalue weighted by atomic mass is 35.5. The number of ether oxygens (including phenoxy) is 1. The minimum Gasteiger partial charge on any atom is -0.496 e. The van der Waals surface area contributed by atoms with E-state index in [1.54, 1.807) is 19.2 Å². The predicted octanol–water partition coefficient (Wildman–Crippen LogP) is 2.91. The molecular weight excluding hydrogens is 250 g/mol. The summed E-state index contributed by atoms with van der Waals surface area (Å²) in [4.78, 5) is 11.2. The molecule has 1 radical (unpaired) electrons. The second-order valence-corrected chi connectivity index (χ2v) is 4.02. The second kappa shape index (κ2) is 5.10. The second-order valence-electron chi connectivity index (χ2n) is 3.64. The fourth-order valence-electron chi connectivity index (χ4n) is 1.73. The van der Waals surface area contributed by atoms with Crippen LogP contribution >= 0.6 is 11.6 Å². The van der Waals surface area contributed by atoms with E-state index in [-0.39, 0.29) is 10.6 Å². The molecule has 0 aromatic heterocycles. The van der Waals surface area contributed by atoms with Crippen molar-refractivity contribution >= 4 is 17.5 Å². The van der Waals surface area contributed by atoms with Gasteiger partial charge in [0.05, 0.1) is 17.7 Å². The van der Waals surface area contributed by atoms with Crippen LogP contribution in [0.2, 0.25) is 5.02 Å². The molecule has 91 valence electrons. The number of amides is 1. The average molecular weight is 261 g/mol. The molecule has 2 aromatic carbocycles. The van der Waals surface area contributed by atoms with Crippen molar-refractivity contribution in [3.05, 3.63) is 53.1 Å². The van der Waals surface area contributed by atoms with E-state index in [1.807, 2.05) is 24.3 Å². The monoisotopic (exact) mass is 260 g/mol. The van der Waals surface area contributed by atoms with Gasteiger partial charge in [-0.25, -0.2) is 0 Å². The van der Waals surface area contributed by atoms with E-state index in [0.717, 1.165) is 5.56 Å². The molecule has 0 saturated heterocycles. The molecule has 4 heteroatoms. The normalized spacial score (nSPS) is 10.1. The molecular formula is C14H11ClNO2. The summed E-state index contributed by atoms with van der Waals surface area (Å²) < 4.78 is 5.27. The van der Waals surface area contributed by atoms with Crippen molar-refractivity contribution in [3.63, 3.8) is 0 Å². The number of rotatable bonds is 3. The molecule has 3 nitrogen and oxygen atoms in total. The molecule has 0 aliphatic heterocycles. The Labute approximate surface area is 110 Å². The molecule has 0 spiro atoms. The van der Waals surface area contributed by atoms with Crippen LogP contribution < -0.4 is 10.5 Å². The molecule has 0 fully saturated rings. The van der Waals surface area contributed by atoms with Gasteiger partial charge in [0.1, 0.15) is 5.75 Å². The van der Waals surface area contributed by atoms with Gasteiger partial charge in [-0.1, -0.05) is 41.9 Å². The quantitative estimate of drug-likeness (QED) is 0.923. The number of para-hydroxylation sites is 1. The first-order chi connectivity index (χ1) is 8.65. The summed E-state index contributed by atoms with van der Waals surface area (Å²) in [7, 11) is 1.58. The van der Waals surface area contributed by atoms with E-state index < -0.39 is 5.91 Å². The first-order valence-corrected chi connectivity index (χ1v) is 5.66. The van der Waals surface area contributed by atoms with Crippen LogP contribution in [-0.2, 0) is 0 Å². The lowest BCUT2D eigenvalue weighted by molar-refractivity contribution is 0.1000. The summed E-state index contributed by atoms with van der Waals surface area (Å²) in [6, 6.07) is 13.5. The highest BCUT2D eigenvalue weighted by molar-refractivity contribution is 6.36. The van der Waals surface area contributed by atoms with E-state index >= 15 is 0 Å². The van der Waals surface area contributed by atoms with E-state index in [1.165, 1.54) is 0 Å². The number of primary amides is 1. The molecule has 0 heterocycles. The maximum atomic E-state index is 11.2. The Kier molecular flexibility index (Phi) is 3.53. The van der Waals surface area contributed by atoms with Crippen molar-refractivity contribution in [2.75, 3.05) is 7.11 Å². The minimum atomic E-state index is -0.600. The van der Waals surface area contributed by atoms with Gasteiger partial charge < -0.3 is 10.5 Å². The first-order valence-electron chi connectivity index (χ1n) is 5.28. The van der Waals surface area contributed by atoms with Crippen molar-refractivity contribution in [1.82, 2.24) is 0 Å². The van der Waals surface area contributed by atoms with Crippen LogP contribution in [0, 0.1) is 6.07 Å². The maximum Gasteiger partial charge on any atom is 0.250 e. The summed E-state index contributed by atoms with van der Waals surface area (Å²) in [5, 5.41) is 0.287. The molecule has 2 rings (SSSR count). The summed E-state index contributed by atoms with van der Waals surface area (Å²) in [6.45, 7) is 0. The highest BCUT2D eigenvalue weighted by Crippen LogP contribution is 2.35. The molecule has 0 bridgehead atoms. The number of methoxy groups -OCH3 is 1. The number of hydrogen-bond donors (Lipinski definition) is 1. The molecule has 0 saturated carbocycles. The van der Waals surface area contributed by atoms with Gasteiger partial charge in [0.2, 0.25) is 0 Å². The van der Waals surface area contributed by atoms with Crippen molar-refractivity contribution in [3.8, 4) is 16.9 Å². The van der Waals surface area contributed by atoms with Crippen molar-refractivity contribution < 1.29 is 9.53 Å². The molecule has 0 aliphatic rings. The molecule has 2 N–H and O–H groups in total. The summed E-state index contributed by atoms with van der Waals surface area (Å²) >= 11 is 6.18. The molecule has 0 unspecified atom stereocenters. The number of nitrogens with two attached hydrogens (primary N) is 1. The lowest BCUT2D eigenvalue weighted by Gasteiger charge is -2.11. The van der Waals surface area contributed by atoms with Gasteiger partial charge >= 0.3 is 0 Å². The molecule has 1 amide bonds. The smallest absolute Gasteiger partial charge is 0.250 e. The van der Waals surface area contributed by atoms with Gasteiger partial charge in [0, 0.05) is 11.1 Å². The Morgan fingerprint density at radius 1 is 1.28 bits per heavy atom. The van der Waals surface area contributed by atoms with Gasteiger partial charge in [0.15, 0.2) is 0 Å². The summed E-state index contributed by atoms with van der Waals surface area (Å²) in [6.07, 6.45) is 0. The van der Waals surface area contributed by atoms with Gasteiger partial charge in [-0.3, -0.25) is 4.79 Å². The average Bonchev–Trinajstić information content (AvgIpc) is 2.38. The zero-order chi connectivity index (χ0) is 13.1. The topological polar surface area (TPSA) is 52.3 Å². The first kappa shape index (κ1) is 12.5. The Bertz CT molecular complexity index is 596. The van der Waals surface area contributed by atoms with Crippen molar-refractivity contribution in [2.24, 2.45) is 5.73 Å². The molecule has 0 aliphatic carbocycles. The Hall–Kier alpha value is -2.00. The summed E-state index contributed by atoms with van der Waals surface area (Å²) in [5.41, 5.74) is 6.93. The summed E-state index contributed by atoms with van der Waals surface area (Å²) in [5.74, 6) is 0.0813. The number of carbonyl (C=O) groups is 1. The van der Waals surface area contributed by atoms with Crippen LogP contribution in [0.4, 0.5) is 0 Å². The van der Waals surface area contributed by atoms with Crippen LogP contribution in [0.3, 0.4) is 0 Å². The van der Waals surface area contributed by atoms with Crippen LogP contribution in [0.25, 0.3) is 11.1 Å². The lowest BCUT2D eigenvalue weighted by atomic mass is 10.0. The van der Waals surface area contributed by atoms with Gasteiger partial charge in [-0.2, -0.15) is 0 Å². The number of hydrogen-bond acceptors (Lipinski definition) is 2. The number of halogens is 1. The van der Waals surface area contributed by atoms with E-state index in [0.29, 0.717) is 11.3 Å². The highest BCUT2D eigenvalue weighted by Gasteiger charge is 2.14. The van der Waals surface area contributed by atoms with Gasteiger partial charge in [-0.15, -0.1) is 0 Å². The maximum absolute atomic E-state index is 11.2. The minimum absolute atomic E-state index is 0.181. The predicted molar refractivity (Wildman–Crippen MR) is 70.8 cm³/mol. The Morgan fingerprint density at radius 2 is 2.00 bits per heavy atom. The SMILES string of the molecule is COc1ccccc1-c1cc[c]c(C(N)=O)c1Cl. The van der Waals surface area contributed by atoms with Crippen LogP contribution in [0.15, 0.2) is 36.4 Å². The molecule has 2 aromatic rings. The van der Waals surface area contributed by atoms with Crippen LogP contribution in [0.1, 0.15) is 10.4 Å². The molecule has 18 heavy (non-hydrogen) atoms. The Morgan fingerprint density at radius 3 is 2.67 bits per heavy atom. The lowest BCUT2D eigenvalue weighted by Crippen LogP contribution is -2.12. The van der Waals surface area contributed by atoms with Crippen molar-refractivity contribution in [2.45, 2.75) is 0 Å². The fraction of sp³-hybridized carbons (Fsp3) is 0.0714. The van der Waals surface area contributed by atoms with Crippen LogP contribution in [-0.4, -0.2) is 13.0 Å². The Balaban J connectivity index is 2.64. The van der Waals surface area contributed by atoms with Crippen molar-refractivity contribution in [1.29, 1.82) is 0 Å². The van der Waals surface area contributed by atoms with Crippen LogP contribution in [0.5, 0.6) is 5.75 Å². The fourth-order valence-corrected chi connectivity index (χ4v) is 2.05. The number of benzene rings is 2. The standard InChI is InChI=1S/C14H11ClNO2/c1-18-12-8-3-2-5-9(12)10-6-4-7-11(13(10)15)14(16)17/h2-6,8H,1H3,(H2,16,17). The zero-order valence-corrected chi connectivity index (χ0v) is 10.5. The van der Waals surface area contributed by atoms with Gasteiger partial charge in [0.25, 0.3) is 5.91 Å². The third-order valence-corrected chi connectivity index (χ3v) is 2.97.